The number of esters is 1. The van der Waals surface area contributed by atoms with E-state index in [1.807, 2.05) is 35.2 Å². The number of aromatic amines is 1. The van der Waals surface area contributed by atoms with Crippen molar-refractivity contribution in [3.63, 3.8) is 0 Å². The van der Waals surface area contributed by atoms with Crippen molar-refractivity contribution in [3.05, 3.63) is 68.4 Å². The van der Waals surface area contributed by atoms with Gasteiger partial charge in [0.25, 0.3) is 5.56 Å². The van der Waals surface area contributed by atoms with Crippen LogP contribution in [0.15, 0.2) is 40.3 Å². The molecule has 0 radical (unpaired) electrons. The van der Waals surface area contributed by atoms with Crippen LogP contribution in [0.2, 0.25) is 5.15 Å². The minimum atomic E-state index is -3.63. The molecule has 3 aromatic rings. The number of nitrogens with one attached hydrogen (secondary N) is 1. The molecule has 1 aliphatic heterocycles. The Labute approximate surface area is 188 Å². The Hall–Kier alpha value is -3.02. The van der Waals surface area contributed by atoms with Gasteiger partial charge in [-0.2, -0.15) is 5.10 Å². The molecule has 0 bridgehead atoms. The highest BCUT2D eigenvalue weighted by Gasteiger charge is 2.28. The summed E-state index contributed by atoms with van der Waals surface area (Å²) < 4.78 is 29.8. The Bertz CT molecular complexity index is 1350. The molecule has 0 spiro atoms. The summed E-state index contributed by atoms with van der Waals surface area (Å²) in [7, 11) is -2.36. The third-order valence-electron chi connectivity index (χ3n) is 5.16. The Morgan fingerprint density at radius 3 is 2.66 bits per heavy atom. The lowest BCUT2D eigenvalue weighted by Crippen LogP contribution is -2.36. The van der Waals surface area contributed by atoms with E-state index in [2.05, 4.69) is 15.1 Å². The number of carbonyl (C=O) groups excluding carboxylic acids is 1. The van der Waals surface area contributed by atoms with E-state index in [4.69, 9.17) is 16.3 Å². The van der Waals surface area contributed by atoms with Gasteiger partial charge < -0.3 is 4.74 Å². The first-order valence-corrected chi connectivity index (χ1v) is 11.9. The standard InChI is InChI=1S/C20H20ClN5O5S/c1-31-19(28)16-14(17(21)26(24-16)12-6-4-3-5-7-12)11-25-9-8-15-13(10-25)18(27)23-20(22-15)32(2,29)30/h3-7H,8-11H2,1-2H3,(H,22,23,27). The van der Waals surface area contributed by atoms with Crippen molar-refractivity contribution in [2.75, 3.05) is 19.9 Å². The van der Waals surface area contributed by atoms with Crippen molar-refractivity contribution in [2.45, 2.75) is 24.7 Å². The van der Waals surface area contributed by atoms with Crippen molar-refractivity contribution in [2.24, 2.45) is 0 Å². The fourth-order valence-electron chi connectivity index (χ4n) is 3.56. The maximum atomic E-state index is 12.5. The molecule has 10 nitrogen and oxygen atoms in total. The number of rotatable bonds is 5. The molecule has 0 saturated carbocycles. The van der Waals surface area contributed by atoms with E-state index in [0.29, 0.717) is 35.5 Å². The number of carbonyl (C=O) groups is 1. The monoisotopic (exact) mass is 477 g/mol. The SMILES string of the molecule is COC(=O)c1nn(-c2ccccc2)c(Cl)c1CN1CCc2nc(S(C)(=O)=O)[nH]c(=O)c2C1. The molecule has 0 fully saturated rings. The molecule has 12 heteroatoms. The molecule has 0 atom stereocenters. The topological polar surface area (TPSA) is 127 Å². The molecule has 1 N–H and O–H groups in total. The highest BCUT2D eigenvalue weighted by molar-refractivity contribution is 7.90. The van der Waals surface area contributed by atoms with Crippen LogP contribution in [0.5, 0.6) is 0 Å². The number of sulfone groups is 1. The number of hydrogen-bond donors (Lipinski definition) is 1. The second kappa shape index (κ2) is 8.49. The maximum Gasteiger partial charge on any atom is 0.358 e. The summed E-state index contributed by atoms with van der Waals surface area (Å²) in [5.41, 5.74) is 1.58. The molecule has 3 heterocycles. The molecule has 0 amide bonds. The highest BCUT2D eigenvalue weighted by atomic mass is 35.5. The molecular weight excluding hydrogens is 458 g/mol. The minimum absolute atomic E-state index is 0.0895. The first-order valence-electron chi connectivity index (χ1n) is 9.64. The van der Waals surface area contributed by atoms with E-state index < -0.39 is 21.4 Å². The van der Waals surface area contributed by atoms with E-state index in [-0.39, 0.29) is 29.1 Å². The predicted octanol–water partition coefficient (Wildman–Crippen LogP) is 1.36. The Balaban J connectivity index is 1.68. The van der Waals surface area contributed by atoms with Crippen LogP contribution in [-0.4, -0.2) is 58.9 Å². The number of para-hydroxylation sites is 1. The lowest BCUT2D eigenvalue weighted by molar-refractivity contribution is 0.0590. The van der Waals surface area contributed by atoms with Gasteiger partial charge in [0.15, 0.2) is 5.69 Å². The third-order valence-corrected chi connectivity index (χ3v) is 6.44. The summed E-state index contributed by atoms with van der Waals surface area (Å²) in [6.45, 7) is 0.943. The summed E-state index contributed by atoms with van der Waals surface area (Å²) in [6, 6.07) is 9.14. The normalized spacial score (nSPS) is 14.2. The Kier molecular flexibility index (Phi) is 5.89. The first-order chi connectivity index (χ1) is 15.2. The second-order valence-corrected chi connectivity index (χ2v) is 9.68. The van der Waals surface area contributed by atoms with Crippen LogP contribution in [0.3, 0.4) is 0 Å². The smallest absolute Gasteiger partial charge is 0.358 e. The van der Waals surface area contributed by atoms with Crippen LogP contribution in [0.4, 0.5) is 0 Å². The second-order valence-electron chi connectivity index (χ2n) is 7.39. The summed E-state index contributed by atoms with van der Waals surface area (Å²) >= 11 is 6.61. The van der Waals surface area contributed by atoms with E-state index in [1.54, 1.807) is 0 Å². The number of aromatic nitrogens is 4. The molecule has 1 aliphatic rings. The zero-order valence-corrected chi connectivity index (χ0v) is 18.9. The summed E-state index contributed by atoms with van der Waals surface area (Å²) in [6.07, 6.45) is 1.37. The zero-order chi connectivity index (χ0) is 23.0. The van der Waals surface area contributed by atoms with Gasteiger partial charge in [-0.3, -0.25) is 14.7 Å². The lowest BCUT2D eigenvalue weighted by Gasteiger charge is -2.27. The number of halogens is 1. The summed E-state index contributed by atoms with van der Waals surface area (Å²) in [5, 5.41) is 4.28. The molecule has 4 rings (SSSR count). The number of methoxy groups -OCH3 is 1. The van der Waals surface area contributed by atoms with Gasteiger partial charge in [-0.25, -0.2) is 22.9 Å². The van der Waals surface area contributed by atoms with Gasteiger partial charge in [-0.1, -0.05) is 29.8 Å². The maximum absolute atomic E-state index is 12.5. The van der Waals surface area contributed by atoms with E-state index in [1.165, 1.54) is 11.8 Å². The lowest BCUT2D eigenvalue weighted by atomic mass is 10.1. The average Bonchev–Trinajstić information content (AvgIpc) is 3.09. The average molecular weight is 478 g/mol. The van der Waals surface area contributed by atoms with E-state index in [0.717, 1.165) is 6.26 Å². The fraction of sp³-hybridized carbons (Fsp3) is 0.300. The van der Waals surface area contributed by atoms with Crippen molar-refractivity contribution >= 4 is 27.4 Å². The quantitative estimate of drug-likeness (QED) is 0.431. The number of ether oxygens (including phenoxy) is 1. The van der Waals surface area contributed by atoms with Crippen LogP contribution in [0.25, 0.3) is 5.69 Å². The Morgan fingerprint density at radius 2 is 2.00 bits per heavy atom. The van der Waals surface area contributed by atoms with Crippen LogP contribution in [0.1, 0.15) is 27.3 Å². The summed E-state index contributed by atoms with van der Waals surface area (Å²) in [5.74, 6) is -0.619. The van der Waals surface area contributed by atoms with Crippen LogP contribution >= 0.6 is 11.6 Å². The first kappa shape index (κ1) is 22.2. The van der Waals surface area contributed by atoms with E-state index >= 15 is 0 Å². The number of benzene rings is 1. The number of fused-ring (bicyclic) bond motifs is 1. The van der Waals surface area contributed by atoms with Gasteiger partial charge in [0.05, 0.1) is 24.1 Å². The molecule has 1 aromatic carbocycles. The van der Waals surface area contributed by atoms with E-state index in [9.17, 15) is 18.0 Å². The highest BCUT2D eigenvalue weighted by Crippen LogP contribution is 2.27. The molecule has 0 aliphatic carbocycles. The fourth-order valence-corrected chi connectivity index (χ4v) is 4.40. The van der Waals surface area contributed by atoms with Crippen molar-refractivity contribution in [1.82, 2.24) is 24.6 Å². The minimum Gasteiger partial charge on any atom is -0.464 e. The predicted molar refractivity (Wildman–Crippen MR) is 116 cm³/mol. The van der Waals surface area contributed by atoms with Gasteiger partial charge in [0.1, 0.15) is 5.15 Å². The van der Waals surface area contributed by atoms with Gasteiger partial charge in [-0.05, 0) is 12.1 Å². The number of hydrogen-bond acceptors (Lipinski definition) is 8. The largest absolute Gasteiger partial charge is 0.464 e. The molecule has 2 aromatic heterocycles. The van der Waals surface area contributed by atoms with Crippen LogP contribution in [0, 0.1) is 0 Å². The Morgan fingerprint density at radius 1 is 1.28 bits per heavy atom. The zero-order valence-electron chi connectivity index (χ0n) is 17.3. The molecular formula is C20H20ClN5O5S. The van der Waals surface area contributed by atoms with Crippen LogP contribution in [-0.2, 0) is 34.1 Å². The van der Waals surface area contributed by atoms with Gasteiger partial charge in [0.2, 0.25) is 15.0 Å². The van der Waals surface area contributed by atoms with Crippen LogP contribution < -0.4 is 5.56 Å². The van der Waals surface area contributed by atoms with Crippen molar-refractivity contribution in [3.8, 4) is 5.69 Å². The third kappa shape index (κ3) is 4.18. The van der Waals surface area contributed by atoms with Gasteiger partial charge in [-0.15, -0.1) is 0 Å². The molecule has 0 saturated heterocycles. The molecule has 168 valence electrons. The van der Waals surface area contributed by atoms with Gasteiger partial charge in [0, 0.05) is 37.9 Å². The molecule has 0 unspecified atom stereocenters. The number of nitrogens with zero attached hydrogens (tertiary/aromatic N) is 4. The number of H-pyrrole nitrogens is 1. The van der Waals surface area contributed by atoms with Gasteiger partial charge >= 0.3 is 5.97 Å². The van der Waals surface area contributed by atoms with Crippen molar-refractivity contribution in [1.29, 1.82) is 0 Å². The molecule has 32 heavy (non-hydrogen) atoms. The van der Waals surface area contributed by atoms with Crippen molar-refractivity contribution < 1.29 is 17.9 Å². The summed E-state index contributed by atoms with van der Waals surface area (Å²) in [4.78, 5) is 33.2.